The Hall–Kier alpha value is -1.35. The molecule has 1 aromatic heterocycles. The summed E-state index contributed by atoms with van der Waals surface area (Å²) in [5.74, 6) is 0. The summed E-state index contributed by atoms with van der Waals surface area (Å²) in [6, 6.07) is 8.16. The molecule has 0 aliphatic rings. The normalized spacial score (nSPS) is 12.3. The number of benzene rings is 1. The second-order valence-electron chi connectivity index (χ2n) is 4.79. The summed E-state index contributed by atoms with van der Waals surface area (Å²) in [6.07, 6.45) is 1.65. The number of hydrazone groups is 1. The van der Waals surface area contributed by atoms with Crippen LogP contribution in [0.3, 0.4) is 0 Å². The summed E-state index contributed by atoms with van der Waals surface area (Å²) in [5.41, 5.74) is 4.62. The lowest BCUT2D eigenvalue weighted by molar-refractivity contribution is 0.179. The topological polar surface area (TPSA) is 58.5 Å². The lowest BCUT2D eigenvalue weighted by Gasteiger charge is -2.13. The zero-order chi connectivity index (χ0) is 16.7. The van der Waals surface area contributed by atoms with Gasteiger partial charge in [-0.25, -0.2) is 4.98 Å². The highest BCUT2D eigenvalue weighted by molar-refractivity contribution is 9.10. The lowest BCUT2D eigenvalue weighted by atomic mass is 10.2. The summed E-state index contributed by atoms with van der Waals surface area (Å²) in [6.45, 7) is 2.56. The number of rotatable bonds is 6. The Labute approximate surface area is 153 Å². The number of nitrogens with one attached hydrogen (secondary N) is 2. The van der Waals surface area contributed by atoms with Gasteiger partial charge >= 0.3 is 0 Å². The van der Waals surface area contributed by atoms with E-state index in [9.17, 15) is 0 Å². The highest BCUT2D eigenvalue weighted by atomic mass is 79.9. The number of thiocarbonyl (C=S) groups is 1. The van der Waals surface area contributed by atoms with Crippen LogP contribution < -0.4 is 10.7 Å². The van der Waals surface area contributed by atoms with Gasteiger partial charge in [0.15, 0.2) is 5.11 Å². The van der Waals surface area contributed by atoms with Crippen LogP contribution in [0.2, 0.25) is 0 Å². The summed E-state index contributed by atoms with van der Waals surface area (Å²) in [5, 5.41) is 10.5. The van der Waals surface area contributed by atoms with Crippen LogP contribution in [0.4, 0.5) is 0 Å². The molecule has 0 spiro atoms. The van der Waals surface area contributed by atoms with Crippen LogP contribution in [0, 0.1) is 0 Å². The Kier molecular flexibility index (Phi) is 7.10. The molecule has 1 aromatic carbocycles. The third kappa shape index (κ3) is 5.98. The van der Waals surface area contributed by atoms with Crippen LogP contribution in [0.5, 0.6) is 0 Å². The van der Waals surface area contributed by atoms with Crippen LogP contribution in [0.15, 0.2) is 39.2 Å². The van der Waals surface area contributed by atoms with Crippen molar-refractivity contribution in [2.45, 2.75) is 13.0 Å². The van der Waals surface area contributed by atoms with Crippen molar-refractivity contribution in [3.05, 3.63) is 39.8 Å². The molecule has 1 heterocycles. The van der Waals surface area contributed by atoms with Crippen molar-refractivity contribution in [1.29, 1.82) is 0 Å². The average Bonchev–Trinajstić information content (AvgIpc) is 2.96. The Bertz CT molecular complexity index is 690. The van der Waals surface area contributed by atoms with Crippen molar-refractivity contribution in [2.75, 3.05) is 13.7 Å². The summed E-state index contributed by atoms with van der Waals surface area (Å²) >= 11 is 10.2. The molecule has 0 amide bonds. The van der Waals surface area contributed by atoms with Crippen LogP contribution in [0.25, 0.3) is 10.6 Å². The van der Waals surface area contributed by atoms with Gasteiger partial charge in [0.05, 0.1) is 18.5 Å². The van der Waals surface area contributed by atoms with Crippen LogP contribution in [-0.4, -0.2) is 36.1 Å². The standard InChI is InChI=1S/C15H17BrN4OS2/c1-10(8-21-2)18-15(22)20-17-7-13-9-23-14(19-13)11-4-3-5-12(16)6-11/h3-7,9-10H,8H2,1-2H3,(H2,18,20,22)/b17-7-/t10-/m0/s1. The molecule has 0 radical (unpaired) electrons. The van der Waals surface area contributed by atoms with Gasteiger partial charge in [0.1, 0.15) is 5.01 Å². The lowest BCUT2D eigenvalue weighted by Crippen LogP contribution is -2.40. The SMILES string of the molecule is COC[C@H](C)NC(=S)N/N=C\c1csc(-c2cccc(Br)c2)n1. The van der Waals surface area contributed by atoms with Crippen molar-refractivity contribution in [3.8, 4) is 10.6 Å². The Morgan fingerprint density at radius 3 is 3.13 bits per heavy atom. The van der Waals surface area contributed by atoms with Crippen molar-refractivity contribution in [2.24, 2.45) is 5.10 Å². The average molecular weight is 413 g/mol. The minimum absolute atomic E-state index is 0.123. The zero-order valence-electron chi connectivity index (χ0n) is 12.7. The molecule has 0 fully saturated rings. The van der Waals surface area contributed by atoms with Gasteiger partial charge in [-0.3, -0.25) is 5.43 Å². The number of ether oxygens (including phenoxy) is 1. The fourth-order valence-electron chi connectivity index (χ4n) is 1.80. The van der Waals surface area contributed by atoms with Gasteiger partial charge in [0.2, 0.25) is 0 Å². The third-order valence-corrected chi connectivity index (χ3v) is 4.36. The van der Waals surface area contributed by atoms with Crippen LogP contribution >= 0.6 is 39.5 Å². The van der Waals surface area contributed by atoms with E-state index in [1.165, 1.54) is 0 Å². The van der Waals surface area contributed by atoms with Gasteiger partial charge in [-0.1, -0.05) is 28.1 Å². The smallest absolute Gasteiger partial charge is 0.187 e. The molecule has 23 heavy (non-hydrogen) atoms. The number of aromatic nitrogens is 1. The first-order valence-corrected chi connectivity index (χ1v) is 8.96. The fraction of sp³-hybridized carbons (Fsp3) is 0.267. The van der Waals surface area contributed by atoms with Crippen LogP contribution in [0.1, 0.15) is 12.6 Å². The highest BCUT2D eigenvalue weighted by Crippen LogP contribution is 2.25. The maximum Gasteiger partial charge on any atom is 0.187 e. The summed E-state index contributed by atoms with van der Waals surface area (Å²) < 4.78 is 6.06. The quantitative estimate of drug-likeness (QED) is 0.432. The third-order valence-electron chi connectivity index (χ3n) is 2.75. The van der Waals surface area contributed by atoms with Gasteiger partial charge in [0.25, 0.3) is 0 Å². The van der Waals surface area contributed by atoms with Crippen molar-refractivity contribution >= 4 is 50.8 Å². The number of thiazole rings is 1. The van der Waals surface area contributed by atoms with Gasteiger partial charge < -0.3 is 10.1 Å². The molecule has 2 N–H and O–H groups in total. The number of hydrogen-bond donors (Lipinski definition) is 2. The number of hydrogen-bond acceptors (Lipinski definition) is 5. The van der Waals surface area contributed by atoms with E-state index in [0.717, 1.165) is 20.7 Å². The molecule has 0 aliphatic heterocycles. The molecule has 0 bridgehead atoms. The molecule has 122 valence electrons. The monoisotopic (exact) mass is 412 g/mol. The molecular formula is C15H17BrN4OS2. The second-order valence-corrected chi connectivity index (χ2v) is 6.97. The Morgan fingerprint density at radius 2 is 2.39 bits per heavy atom. The summed E-state index contributed by atoms with van der Waals surface area (Å²) in [7, 11) is 1.65. The minimum Gasteiger partial charge on any atom is -0.383 e. The van der Waals surface area contributed by atoms with E-state index in [2.05, 4.69) is 36.8 Å². The van der Waals surface area contributed by atoms with Gasteiger partial charge in [-0.05, 0) is 31.3 Å². The van der Waals surface area contributed by atoms with E-state index in [1.54, 1.807) is 24.7 Å². The van der Waals surface area contributed by atoms with E-state index in [1.807, 2.05) is 36.6 Å². The van der Waals surface area contributed by atoms with E-state index in [0.29, 0.717) is 11.7 Å². The maximum absolute atomic E-state index is 5.14. The summed E-state index contributed by atoms with van der Waals surface area (Å²) in [4.78, 5) is 4.53. The second kappa shape index (κ2) is 9.07. The number of methoxy groups -OCH3 is 1. The van der Waals surface area contributed by atoms with Crippen molar-refractivity contribution < 1.29 is 4.74 Å². The molecule has 2 aromatic rings. The van der Waals surface area contributed by atoms with E-state index < -0.39 is 0 Å². The largest absolute Gasteiger partial charge is 0.383 e. The molecular weight excluding hydrogens is 396 g/mol. The predicted molar refractivity (Wildman–Crippen MR) is 103 cm³/mol. The fourth-order valence-corrected chi connectivity index (χ4v) is 3.22. The highest BCUT2D eigenvalue weighted by Gasteiger charge is 2.04. The van der Waals surface area contributed by atoms with Crippen LogP contribution in [-0.2, 0) is 4.74 Å². The van der Waals surface area contributed by atoms with E-state index in [-0.39, 0.29) is 6.04 Å². The number of halogens is 1. The van der Waals surface area contributed by atoms with Crippen molar-refractivity contribution in [3.63, 3.8) is 0 Å². The Balaban J connectivity index is 1.90. The molecule has 5 nitrogen and oxygen atoms in total. The molecule has 0 saturated carbocycles. The molecule has 0 aliphatic carbocycles. The van der Waals surface area contributed by atoms with Crippen molar-refractivity contribution in [1.82, 2.24) is 15.7 Å². The molecule has 8 heteroatoms. The van der Waals surface area contributed by atoms with E-state index >= 15 is 0 Å². The first kappa shape index (κ1) is 18.0. The number of nitrogens with zero attached hydrogens (tertiary/aromatic N) is 2. The molecule has 2 rings (SSSR count). The zero-order valence-corrected chi connectivity index (χ0v) is 16.0. The molecule has 1 atom stereocenters. The first-order chi connectivity index (χ1) is 11.1. The van der Waals surface area contributed by atoms with Gasteiger partial charge in [0, 0.05) is 28.6 Å². The van der Waals surface area contributed by atoms with Gasteiger partial charge in [-0.15, -0.1) is 11.3 Å². The maximum atomic E-state index is 5.14. The first-order valence-electron chi connectivity index (χ1n) is 6.88. The minimum atomic E-state index is 0.123. The molecule has 0 saturated heterocycles. The molecule has 0 unspecified atom stereocenters. The predicted octanol–water partition coefficient (Wildman–Crippen LogP) is 3.41. The van der Waals surface area contributed by atoms with Gasteiger partial charge in [-0.2, -0.15) is 5.10 Å². The Morgan fingerprint density at radius 1 is 1.57 bits per heavy atom. The van der Waals surface area contributed by atoms with E-state index in [4.69, 9.17) is 17.0 Å².